The second-order valence-corrected chi connectivity index (χ2v) is 6.52. The minimum absolute atomic E-state index is 0.539. The van der Waals surface area contributed by atoms with Crippen molar-refractivity contribution in [2.75, 3.05) is 5.73 Å². The van der Waals surface area contributed by atoms with Crippen LogP contribution >= 0.6 is 23.2 Å². The molecule has 0 atom stereocenters. The summed E-state index contributed by atoms with van der Waals surface area (Å²) in [4.78, 5) is 4.81. The fraction of sp³-hybridized carbons (Fsp3) is 0.400. The summed E-state index contributed by atoms with van der Waals surface area (Å²) >= 11 is 12.1. The number of hydrogen-bond acceptors (Lipinski definition) is 2. The maximum atomic E-state index is 6.36. The minimum atomic E-state index is 0.539. The van der Waals surface area contributed by atoms with E-state index in [-0.39, 0.29) is 0 Å². The predicted molar refractivity (Wildman–Crippen MR) is 82.3 cm³/mol. The van der Waals surface area contributed by atoms with Crippen molar-refractivity contribution in [1.82, 2.24) is 9.55 Å². The normalized spacial score (nSPS) is 18.5. The van der Waals surface area contributed by atoms with Gasteiger partial charge in [-0.15, -0.1) is 0 Å². The van der Waals surface area contributed by atoms with Crippen LogP contribution in [0.1, 0.15) is 43.5 Å². The van der Waals surface area contributed by atoms with Crippen molar-refractivity contribution in [1.29, 1.82) is 0 Å². The highest BCUT2D eigenvalue weighted by Crippen LogP contribution is 2.48. The van der Waals surface area contributed by atoms with E-state index in [9.17, 15) is 0 Å². The molecule has 1 aromatic carbocycles. The van der Waals surface area contributed by atoms with Gasteiger partial charge >= 0.3 is 0 Å². The van der Waals surface area contributed by atoms with E-state index in [2.05, 4.69) is 4.57 Å². The molecule has 3 nitrogen and oxygen atoms in total. The summed E-state index contributed by atoms with van der Waals surface area (Å²) in [6, 6.07) is 6.12. The number of benzene rings is 1. The Morgan fingerprint density at radius 1 is 1.10 bits per heavy atom. The van der Waals surface area contributed by atoms with Crippen molar-refractivity contribution in [2.24, 2.45) is 0 Å². The molecule has 5 heteroatoms. The number of nitrogens with two attached hydrogens (primary N) is 1. The molecule has 2 aromatic rings. The Kier molecular flexibility index (Phi) is 2.76. The fourth-order valence-electron chi connectivity index (χ4n) is 2.67. The van der Waals surface area contributed by atoms with E-state index in [1.807, 2.05) is 12.1 Å². The molecule has 0 aliphatic heterocycles. The van der Waals surface area contributed by atoms with Gasteiger partial charge in [-0.1, -0.05) is 29.3 Å². The molecule has 0 amide bonds. The van der Waals surface area contributed by atoms with Gasteiger partial charge in [-0.05, 0) is 37.8 Å². The number of imidazole rings is 1. The van der Waals surface area contributed by atoms with E-state index in [1.165, 1.54) is 25.7 Å². The lowest BCUT2D eigenvalue weighted by molar-refractivity contribution is 0.691. The second kappa shape index (κ2) is 4.40. The van der Waals surface area contributed by atoms with Crippen molar-refractivity contribution in [3.8, 4) is 11.3 Å². The Morgan fingerprint density at radius 3 is 2.45 bits per heavy atom. The standard InChI is InChI=1S/C15H15Cl2N3/c16-11-6-3-9(7-12(11)17)13-14(18)20(10-4-5-10)15(19-13)8-1-2-8/h3,6-8,10H,1-2,4-5,18H2. The molecular formula is C15H15Cl2N3. The average molecular weight is 308 g/mol. The van der Waals surface area contributed by atoms with Crippen LogP contribution in [0.4, 0.5) is 5.82 Å². The van der Waals surface area contributed by atoms with Gasteiger partial charge in [0.1, 0.15) is 17.3 Å². The van der Waals surface area contributed by atoms with Crippen molar-refractivity contribution in [3.63, 3.8) is 0 Å². The monoisotopic (exact) mass is 307 g/mol. The zero-order chi connectivity index (χ0) is 13.9. The first-order valence-electron chi connectivity index (χ1n) is 6.98. The zero-order valence-corrected chi connectivity index (χ0v) is 12.5. The van der Waals surface area contributed by atoms with Crippen LogP contribution in [0, 0.1) is 0 Å². The van der Waals surface area contributed by atoms with Crippen LogP contribution in [0.5, 0.6) is 0 Å². The molecule has 4 rings (SSSR count). The van der Waals surface area contributed by atoms with E-state index in [4.69, 9.17) is 33.9 Å². The molecule has 2 aliphatic rings. The molecule has 2 fully saturated rings. The number of nitrogen functional groups attached to an aromatic ring is 1. The highest BCUT2D eigenvalue weighted by molar-refractivity contribution is 6.42. The van der Waals surface area contributed by atoms with Gasteiger partial charge in [0.2, 0.25) is 0 Å². The summed E-state index contributed by atoms with van der Waals surface area (Å²) in [6.45, 7) is 0. The molecule has 0 bridgehead atoms. The summed E-state index contributed by atoms with van der Waals surface area (Å²) < 4.78 is 2.25. The second-order valence-electron chi connectivity index (χ2n) is 5.71. The first-order chi connectivity index (χ1) is 9.65. The van der Waals surface area contributed by atoms with Gasteiger partial charge in [-0.25, -0.2) is 4.98 Å². The third kappa shape index (κ3) is 2.00. The van der Waals surface area contributed by atoms with E-state index >= 15 is 0 Å². The molecule has 0 saturated heterocycles. The molecule has 0 radical (unpaired) electrons. The van der Waals surface area contributed by atoms with Gasteiger partial charge in [-0.3, -0.25) is 0 Å². The number of halogens is 2. The summed E-state index contributed by atoms with van der Waals surface area (Å²) in [6.07, 6.45) is 4.87. The quantitative estimate of drug-likeness (QED) is 0.897. The van der Waals surface area contributed by atoms with E-state index in [0.29, 0.717) is 22.0 Å². The molecule has 2 aliphatic carbocycles. The molecule has 0 spiro atoms. The zero-order valence-electron chi connectivity index (χ0n) is 10.9. The van der Waals surface area contributed by atoms with Crippen LogP contribution < -0.4 is 5.73 Å². The van der Waals surface area contributed by atoms with Crippen LogP contribution in [0.3, 0.4) is 0 Å². The van der Waals surface area contributed by atoms with Crippen molar-refractivity contribution in [3.05, 3.63) is 34.1 Å². The highest BCUT2D eigenvalue weighted by atomic mass is 35.5. The van der Waals surface area contributed by atoms with E-state index in [0.717, 1.165) is 22.9 Å². The number of nitrogens with zero attached hydrogens (tertiary/aromatic N) is 2. The van der Waals surface area contributed by atoms with Crippen LogP contribution in [0.15, 0.2) is 18.2 Å². The Labute approximate surface area is 127 Å². The number of rotatable bonds is 3. The van der Waals surface area contributed by atoms with Gasteiger partial charge in [0, 0.05) is 17.5 Å². The van der Waals surface area contributed by atoms with Gasteiger partial charge in [0.15, 0.2) is 0 Å². The molecule has 0 unspecified atom stereocenters. The van der Waals surface area contributed by atoms with Gasteiger partial charge < -0.3 is 10.3 Å². The molecule has 104 valence electrons. The topological polar surface area (TPSA) is 43.8 Å². The lowest BCUT2D eigenvalue weighted by atomic mass is 10.1. The average Bonchev–Trinajstić information content (AvgIpc) is 3.32. The first kappa shape index (κ1) is 12.5. The maximum absolute atomic E-state index is 6.36. The smallest absolute Gasteiger partial charge is 0.132 e. The van der Waals surface area contributed by atoms with Crippen LogP contribution in [-0.2, 0) is 0 Å². The van der Waals surface area contributed by atoms with Crippen molar-refractivity contribution < 1.29 is 0 Å². The SMILES string of the molecule is Nc1c(-c2ccc(Cl)c(Cl)c2)nc(C2CC2)n1C1CC1. The van der Waals surface area contributed by atoms with E-state index in [1.54, 1.807) is 6.07 Å². The minimum Gasteiger partial charge on any atom is -0.383 e. The Hall–Kier alpha value is -1.19. The molecule has 20 heavy (non-hydrogen) atoms. The third-order valence-corrected chi connectivity index (χ3v) is 4.76. The summed E-state index contributed by atoms with van der Waals surface area (Å²) in [7, 11) is 0. The molecule has 2 saturated carbocycles. The lowest BCUT2D eigenvalue weighted by Crippen LogP contribution is -2.04. The van der Waals surface area contributed by atoms with Crippen LogP contribution in [0.25, 0.3) is 11.3 Å². The van der Waals surface area contributed by atoms with Crippen LogP contribution in [-0.4, -0.2) is 9.55 Å². The third-order valence-electron chi connectivity index (χ3n) is 4.02. The number of anilines is 1. The Bertz CT molecular complexity index is 685. The van der Waals surface area contributed by atoms with Crippen LogP contribution in [0.2, 0.25) is 10.0 Å². The molecule has 1 aromatic heterocycles. The first-order valence-corrected chi connectivity index (χ1v) is 7.73. The van der Waals surface area contributed by atoms with Gasteiger partial charge in [0.25, 0.3) is 0 Å². The van der Waals surface area contributed by atoms with Crippen molar-refractivity contribution >= 4 is 29.0 Å². The molecular weight excluding hydrogens is 293 g/mol. The Balaban J connectivity index is 1.84. The fourth-order valence-corrected chi connectivity index (χ4v) is 2.96. The summed E-state index contributed by atoms with van der Waals surface area (Å²) in [5.41, 5.74) is 8.14. The van der Waals surface area contributed by atoms with E-state index < -0.39 is 0 Å². The maximum Gasteiger partial charge on any atom is 0.132 e. The predicted octanol–water partition coefficient (Wildman–Crippen LogP) is 4.65. The summed E-state index contributed by atoms with van der Waals surface area (Å²) in [5.74, 6) is 2.52. The summed E-state index contributed by atoms with van der Waals surface area (Å²) in [5, 5.41) is 1.09. The largest absolute Gasteiger partial charge is 0.383 e. The number of hydrogen-bond donors (Lipinski definition) is 1. The lowest BCUT2D eigenvalue weighted by Gasteiger charge is -2.07. The van der Waals surface area contributed by atoms with Gasteiger partial charge in [-0.2, -0.15) is 0 Å². The molecule has 1 heterocycles. The highest BCUT2D eigenvalue weighted by Gasteiger charge is 2.36. The van der Waals surface area contributed by atoms with Crippen molar-refractivity contribution in [2.45, 2.75) is 37.6 Å². The molecule has 2 N–H and O–H groups in total. The van der Waals surface area contributed by atoms with Gasteiger partial charge in [0.05, 0.1) is 10.0 Å². The number of aromatic nitrogens is 2. The Morgan fingerprint density at radius 2 is 1.85 bits per heavy atom.